The largest absolute Gasteiger partial charge is 0.463 e. The van der Waals surface area contributed by atoms with Crippen LogP contribution in [0, 0.1) is 0 Å². The van der Waals surface area contributed by atoms with Crippen LogP contribution in [0.25, 0.3) is 23.3 Å². The molecule has 3 heterocycles. The first-order chi connectivity index (χ1) is 20.2. The number of fused-ring (bicyclic) bond motifs is 1. The lowest BCUT2D eigenvalue weighted by atomic mass is 10.1. The number of esters is 3. The molecule has 0 N–H and O–H groups in total. The highest BCUT2D eigenvalue weighted by Gasteiger charge is 2.51. The first-order valence-electron chi connectivity index (χ1n) is 13.1. The van der Waals surface area contributed by atoms with Crippen LogP contribution in [-0.4, -0.2) is 82.3 Å². The van der Waals surface area contributed by atoms with Gasteiger partial charge in [0, 0.05) is 27.9 Å². The molecule has 0 aliphatic carbocycles. The Morgan fingerprint density at radius 1 is 0.976 bits per heavy atom. The molecule has 1 aliphatic rings. The van der Waals surface area contributed by atoms with Crippen LogP contribution >= 0.6 is 0 Å². The first kappa shape index (κ1) is 30.6. The van der Waals surface area contributed by atoms with E-state index in [0.29, 0.717) is 6.61 Å². The van der Waals surface area contributed by atoms with E-state index in [1.165, 1.54) is 43.3 Å². The van der Waals surface area contributed by atoms with E-state index in [4.69, 9.17) is 28.4 Å². The summed E-state index contributed by atoms with van der Waals surface area (Å²) >= 11 is 0. The third-order valence-corrected chi connectivity index (χ3v) is 6.18. The minimum atomic E-state index is -1.20. The highest BCUT2D eigenvalue weighted by molar-refractivity contribution is 5.76. The lowest BCUT2D eigenvalue weighted by Crippen LogP contribution is -2.40. The number of carbonyl (C=O) groups excluding carboxylic acids is 3. The van der Waals surface area contributed by atoms with Crippen LogP contribution in [0.3, 0.4) is 0 Å². The molecule has 0 unspecified atom stereocenters. The van der Waals surface area contributed by atoms with Gasteiger partial charge in [-0.25, -0.2) is 9.97 Å². The summed E-state index contributed by atoms with van der Waals surface area (Å²) in [6.45, 7) is 3.86. The second kappa shape index (κ2) is 14.0. The van der Waals surface area contributed by atoms with Gasteiger partial charge in [0.1, 0.15) is 31.6 Å². The summed E-state index contributed by atoms with van der Waals surface area (Å²) in [4.78, 5) is 58.2. The zero-order chi connectivity index (χ0) is 30.2. The van der Waals surface area contributed by atoms with Gasteiger partial charge in [-0.15, -0.1) is 0 Å². The molecular formula is C28H32N4O10. The van der Waals surface area contributed by atoms with Gasteiger partial charge in [-0.2, -0.15) is 0 Å². The average Bonchev–Trinajstić information content (AvgIpc) is 3.47. The van der Waals surface area contributed by atoms with E-state index < -0.39 is 48.0 Å². The Labute approximate surface area is 240 Å². The summed E-state index contributed by atoms with van der Waals surface area (Å²) in [5.74, 6) is -1.67. The fourth-order valence-corrected chi connectivity index (χ4v) is 4.42. The summed E-state index contributed by atoms with van der Waals surface area (Å²) in [5.41, 5.74) is 0.485. The zero-order valence-electron chi connectivity index (χ0n) is 23.6. The van der Waals surface area contributed by atoms with Gasteiger partial charge in [0.05, 0.1) is 13.2 Å². The first-order valence-corrected chi connectivity index (χ1v) is 13.1. The van der Waals surface area contributed by atoms with Gasteiger partial charge in [0.2, 0.25) is 0 Å². The van der Waals surface area contributed by atoms with Crippen molar-refractivity contribution in [2.24, 2.45) is 0 Å². The van der Waals surface area contributed by atoms with Crippen LogP contribution < -0.4 is 5.56 Å². The van der Waals surface area contributed by atoms with E-state index in [1.807, 2.05) is 30.3 Å². The summed E-state index contributed by atoms with van der Waals surface area (Å²) in [5, 5.41) is 0. The number of aromatic nitrogens is 4. The van der Waals surface area contributed by atoms with E-state index >= 15 is 0 Å². The molecule has 1 aromatic carbocycles. The molecule has 0 saturated carbocycles. The van der Waals surface area contributed by atoms with Crippen LogP contribution in [0.5, 0.6) is 0 Å². The number of hydrogen-bond acceptors (Lipinski definition) is 12. The smallest absolute Gasteiger partial charge is 0.303 e. The standard InChI is InChI=1S/C28H32N4O10/c1-17(33)39-14-21-24(40-18(2)34)25(41-19(3)35)28(42-21)32-22(11-10-20-8-6-5-7-9-20)30-23-26(32)29-15-31(27(23)36)16-38-13-12-37-4/h5-11,15,21,24-25,28H,12-14,16H2,1-4H3/b11-10+/t21-,24-,25-,28-/m1/s1. The van der Waals surface area contributed by atoms with Gasteiger partial charge >= 0.3 is 17.9 Å². The molecular weight excluding hydrogens is 552 g/mol. The maximum absolute atomic E-state index is 13.4. The van der Waals surface area contributed by atoms with Crippen molar-refractivity contribution in [3.05, 3.63) is 58.4 Å². The fourth-order valence-electron chi connectivity index (χ4n) is 4.42. The Hall–Kier alpha value is -4.40. The van der Waals surface area contributed by atoms with Gasteiger partial charge in [-0.1, -0.05) is 36.4 Å². The maximum atomic E-state index is 13.4. The summed E-state index contributed by atoms with van der Waals surface area (Å²) in [7, 11) is 1.54. The molecule has 4 rings (SSSR count). The van der Waals surface area contributed by atoms with Crippen molar-refractivity contribution < 1.29 is 42.8 Å². The highest BCUT2D eigenvalue weighted by Crippen LogP contribution is 2.37. The van der Waals surface area contributed by atoms with Crippen molar-refractivity contribution in [2.45, 2.75) is 52.0 Å². The molecule has 14 heteroatoms. The number of ether oxygens (including phenoxy) is 6. The van der Waals surface area contributed by atoms with E-state index in [2.05, 4.69) is 9.97 Å². The number of carbonyl (C=O) groups is 3. The van der Waals surface area contributed by atoms with E-state index in [1.54, 1.807) is 12.2 Å². The quantitative estimate of drug-likeness (QED) is 0.173. The van der Waals surface area contributed by atoms with Gasteiger partial charge in [-0.3, -0.25) is 28.3 Å². The number of hydrogen-bond donors (Lipinski definition) is 0. The molecule has 1 fully saturated rings. The van der Waals surface area contributed by atoms with Crippen molar-refractivity contribution in [3.63, 3.8) is 0 Å². The SMILES string of the molecule is COCCOCn1cnc2c(nc(/C=C/c3ccccc3)n2[C@@H]2O[C@H](COC(C)=O)[C@@H](OC(C)=O)[C@H]2OC(C)=O)c1=O. The molecule has 1 saturated heterocycles. The van der Waals surface area contributed by atoms with Crippen LogP contribution in [0.1, 0.15) is 38.4 Å². The Morgan fingerprint density at radius 2 is 1.69 bits per heavy atom. The van der Waals surface area contributed by atoms with Gasteiger partial charge < -0.3 is 28.4 Å². The number of methoxy groups -OCH3 is 1. The van der Waals surface area contributed by atoms with Crippen molar-refractivity contribution in [2.75, 3.05) is 26.9 Å². The number of nitrogens with zero attached hydrogens (tertiary/aromatic N) is 4. The van der Waals surface area contributed by atoms with Crippen LogP contribution in [-0.2, 0) is 49.5 Å². The van der Waals surface area contributed by atoms with Crippen molar-refractivity contribution in [3.8, 4) is 0 Å². The summed E-state index contributed by atoms with van der Waals surface area (Å²) in [6, 6.07) is 9.37. The minimum Gasteiger partial charge on any atom is -0.463 e. The van der Waals surface area contributed by atoms with Crippen LogP contribution in [0.4, 0.5) is 0 Å². The van der Waals surface area contributed by atoms with E-state index in [0.717, 1.165) is 5.56 Å². The Bertz CT molecular complexity index is 1500. The van der Waals surface area contributed by atoms with Gasteiger partial charge in [-0.05, 0) is 11.6 Å². The third kappa shape index (κ3) is 7.26. The molecule has 0 bridgehead atoms. The van der Waals surface area contributed by atoms with E-state index in [-0.39, 0.29) is 36.9 Å². The molecule has 0 spiro atoms. The lowest BCUT2D eigenvalue weighted by Gasteiger charge is -2.24. The van der Waals surface area contributed by atoms with Crippen molar-refractivity contribution in [1.29, 1.82) is 0 Å². The van der Waals surface area contributed by atoms with Crippen molar-refractivity contribution in [1.82, 2.24) is 19.1 Å². The molecule has 42 heavy (non-hydrogen) atoms. The summed E-state index contributed by atoms with van der Waals surface area (Å²) in [6.07, 6.45) is 0.216. The van der Waals surface area contributed by atoms with Crippen LogP contribution in [0.2, 0.25) is 0 Å². The number of benzene rings is 1. The molecule has 0 amide bonds. The van der Waals surface area contributed by atoms with Crippen molar-refractivity contribution >= 4 is 41.2 Å². The molecule has 1 aliphatic heterocycles. The molecule has 0 radical (unpaired) electrons. The Morgan fingerprint density at radius 3 is 2.36 bits per heavy atom. The molecule has 14 nitrogen and oxygen atoms in total. The summed E-state index contributed by atoms with van der Waals surface area (Å²) < 4.78 is 35.6. The highest BCUT2D eigenvalue weighted by atomic mass is 16.7. The molecule has 3 aromatic rings. The molecule has 224 valence electrons. The van der Waals surface area contributed by atoms with E-state index in [9.17, 15) is 19.2 Å². The Kier molecular flexibility index (Phi) is 10.2. The van der Waals surface area contributed by atoms with Gasteiger partial charge in [0.25, 0.3) is 5.56 Å². The minimum absolute atomic E-state index is 0.00167. The molecule has 4 atom stereocenters. The maximum Gasteiger partial charge on any atom is 0.303 e. The average molecular weight is 585 g/mol. The second-order valence-corrected chi connectivity index (χ2v) is 9.32. The second-order valence-electron chi connectivity index (χ2n) is 9.32. The Balaban J connectivity index is 1.84. The number of imidazole rings is 1. The number of rotatable bonds is 12. The van der Waals surface area contributed by atoms with Crippen LogP contribution in [0.15, 0.2) is 41.5 Å². The zero-order valence-corrected chi connectivity index (χ0v) is 23.6. The normalized spacial score (nSPS) is 20.2. The van der Waals surface area contributed by atoms with Gasteiger partial charge in [0.15, 0.2) is 29.6 Å². The topological polar surface area (TPSA) is 159 Å². The third-order valence-electron chi connectivity index (χ3n) is 6.18. The monoisotopic (exact) mass is 584 g/mol. The fraction of sp³-hybridized carbons (Fsp3) is 0.429. The molecule has 2 aromatic heterocycles. The predicted molar refractivity (Wildman–Crippen MR) is 147 cm³/mol. The lowest BCUT2D eigenvalue weighted by molar-refractivity contribution is -0.166. The predicted octanol–water partition coefficient (Wildman–Crippen LogP) is 1.71.